The van der Waals surface area contributed by atoms with Crippen molar-refractivity contribution in [1.29, 1.82) is 0 Å². The summed E-state index contributed by atoms with van der Waals surface area (Å²) in [6.45, 7) is 1.89. The molecule has 0 aliphatic carbocycles. The molecule has 0 spiro atoms. The Balaban J connectivity index is 1.54. The van der Waals surface area contributed by atoms with Gasteiger partial charge in [-0.05, 0) is 23.6 Å². The van der Waals surface area contributed by atoms with Crippen molar-refractivity contribution < 1.29 is 18.8 Å². The van der Waals surface area contributed by atoms with E-state index in [-0.39, 0.29) is 36.1 Å². The van der Waals surface area contributed by atoms with Crippen molar-refractivity contribution in [3.05, 3.63) is 71.7 Å². The number of amidine groups is 1. The molecule has 4 rings (SSSR count). The number of amides is 1. The number of hydrogen-bond acceptors (Lipinski definition) is 5. The highest BCUT2D eigenvalue weighted by Gasteiger charge is 2.28. The first kappa shape index (κ1) is 20.0. The lowest BCUT2D eigenvalue weighted by Crippen LogP contribution is -2.22. The number of nitrogens with zero attached hydrogens (tertiary/aromatic N) is 2. The Kier molecular flexibility index (Phi) is 5.72. The second kappa shape index (κ2) is 8.59. The molecule has 1 aromatic heterocycles. The second-order valence-corrected chi connectivity index (χ2v) is 7.38. The van der Waals surface area contributed by atoms with E-state index < -0.39 is 0 Å². The van der Waals surface area contributed by atoms with E-state index >= 15 is 0 Å². The van der Waals surface area contributed by atoms with E-state index in [0.717, 1.165) is 11.1 Å². The lowest BCUT2D eigenvalue weighted by Gasteiger charge is -2.11. The van der Waals surface area contributed by atoms with Crippen LogP contribution in [0.4, 0.5) is 10.3 Å². The largest absolute Gasteiger partial charge is 0.396 e. The maximum atomic E-state index is 14.7. The number of aromatic nitrogens is 1. The fourth-order valence-corrected chi connectivity index (χ4v) is 3.61. The Labute approximate surface area is 173 Å². The first-order chi connectivity index (χ1) is 14.5. The van der Waals surface area contributed by atoms with Crippen LogP contribution < -0.4 is 5.32 Å². The molecule has 0 saturated carbocycles. The van der Waals surface area contributed by atoms with Crippen molar-refractivity contribution in [3.63, 3.8) is 0 Å². The third-order valence-electron chi connectivity index (χ3n) is 5.33. The molecule has 3 aromatic rings. The molecular weight excluding hydrogens is 385 g/mol. The van der Waals surface area contributed by atoms with Gasteiger partial charge >= 0.3 is 0 Å². The molecule has 1 saturated heterocycles. The number of halogens is 1. The molecule has 1 fully saturated rings. The van der Waals surface area contributed by atoms with Gasteiger partial charge in [-0.25, -0.2) is 4.39 Å². The van der Waals surface area contributed by atoms with Crippen LogP contribution in [0, 0.1) is 11.7 Å². The number of rotatable bonds is 6. The second-order valence-electron chi connectivity index (χ2n) is 7.38. The highest BCUT2D eigenvalue weighted by Crippen LogP contribution is 2.31. The van der Waals surface area contributed by atoms with E-state index in [2.05, 4.69) is 15.5 Å². The standard InChI is InChI=1S/C23H22FN3O3/c1-14(16-7-8-18(19(24)11-16)15-5-3-2-4-6-15)20-13-22(30-27-20)26-23-17(9-10-28)12-21(29)25-23/h2-8,11,13-14,17,28H,9-10,12H2,1H3,(H,25,26,29). The average molecular weight is 407 g/mol. The number of aliphatic hydroxyl groups is 1. The minimum absolute atomic E-state index is 0.0259. The summed E-state index contributed by atoms with van der Waals surface area (Å²) in [7, 11) is 0. The zero-order valence-corrected chi connectivity index (χ0v) is 16.5. The van der Waals surface area contributed by atoms with Crippen LogP contribution in [0.5, 0.6) is 0 Å². The van der Waals surface area contributed by atoms with Gasteiger partial charge in [0.2, 0.25) is 5.91 Å². The molecule has 0 bridgehead atoms. The van der Waals surface area contributed by atoms with Crippen LogP contribution in [0.25, 0.3) is 11.1 Å². The van der Waals surface area contributed by atoms with Crippen molar-refractivity contribution in [3.8, 4) is 11.1 Å². The summed E-state index contributed by atoms with van der Waals surface area (Å²) < 4.78 is 20.0. The summed E-state index contributed by atoms with van der Waals surface area (Å²) in [5, 5.41) is 15.9. The number of aliphatic hydroxyl groups excluding tert-OH is 1. The van der Waals surface area contributed by atoms with Gasteiger partial charge in [0.15, 0.2) is 0 Å². The van der Waals surface area contributed by atoms with Crippen LogP contribution >= 0.6 is 0 Å². The summed E-state index contributed by atoms with van der Waals surface area (Å²) in [6, 6.07) is 16.2. The smallest absolute Gasteiger partial charge is 0.252 e. The maximum absolute atomic E-state index is 14.7. The van der Waals surface area contributed by atoms with Gasteiger partial charge in [0.05, 0.1) is 5.69 Å². The van der Waals surface area contributed by atoms with Gasteiger partial charge in [0.1, 0.15) is 11.7 Å². The molecule has 6 nitrogen and oxygen atoms in total. The molecule has 2 aromatic carbocycles. The first-order valence-corrected chi connectivity index (χ1v) is 9.86. The summed E-state index contributed by atoms with van der Waals surface area (Å²) >= 11 is 0. The van der Waals surface area contributed by atoms with Gasteiger partial charge in [-0.2, -0.15) is 4.99 Å². The maximum Gasteiger partial charge on any atom is 0.252 e. The molecule has 2 unspecified atom stereocenters. The topological polar surface area (TPSA) is 87.7 Å². The molecule has 30 heavy (non-hydrogen) atoms. The van der Waals surface area contributed by atoms with Gasteiger partial charge < -0.3 is 14.9 Å². The molecule has 1 aliphatic rings. The third-order valence-corrected chi connectivity index (χ3v) is 5.33. The minimum Gasteiger partial charge on any atom is -0.396 e. The lowest BCUT2D eigenvalue weighted by molar-refractivity contribution is -0.118. The molecule has 0 radical (unpaired) electrons. The van der Waals surface area contributed by atoms with E-state index in [1.165, 1.54) is 6.07 Å². The van der Waals surface area contributed by atoms with Crippen molar-refractivity contribution in [2.75, 3.05) is 6.61 Å². The first-order valence-electron chi connectivity index (χ1n) is 9.86. The van der Waals surface area contributed by atoms with E-state index in [1.807, 2.05) is 43.3 Å². The summed E-state index contributed by atoms with van der Waals surface area (Å²) in [5.74, 6) is -0.0492. The van der Waals surface area contributed by atoms with E-state index in [1.54, 1.807) is 12.1 Å². The zero-order valence-electron chi connectivity index (χ0n) is 16.5. The van der Waals surface area contributed by atoms with Gasteiger partial charge in [0.25, 0.3) is 5.88 Å². The van der Waals surface area contributed by atoms with E-state index in [0.29, 0.717) is 29.9 Å². The zero-order chi connectivity index (χ0) is 21.1. The molecule has 1 aliphatic heterocycles. The Hall–Kier alpha value is -3.32. The quantitative estimate of drug-likeness (QED) is 0.642. The summed E-state index contributed by atoms with van der Waals surface area (Å²) in [4.78, 5) is 16.0. The Morgan fingerprint density at radius 2 is 2.07 bits per heavy atom. The van der Waals surface area contributed by atoms with Crippen molar-refractivity contribution in [2.24, 2.45) is 10.9 Å². The monoisotopic (exact) mass is 407 g/mol. The number of carbonyl (C=O) groups excluding carboxylic acids is 1. The number of nitrogens with one attached hydrogen (secondary N) is 1. The van der Waals surface area contributed by atoms with E-state index in [9.17, 15) is 9.18 Å². The van der Waals surface area contributed by atoms with Gasteiger partial charge in [0, 0.05) is 36.5 Å². The molecular formula is C23H22FN3O3. The summed E-state index contributed by atoms with van der Waals surface area (Å²) in [5.41, 5.74) is 2.76. The van der Waals surface area contributed by atoms with Gasteiger partial charge in [-0.1, -0.05) is 54.5 Å². The molecule has 2 atom stereocenters. The highest BCUT2D eigenvalue weighted by atomic mass is 19.1. The lowest BCUT2D eigenvalue weighted by atomic mass is 9.95. The van der Waals surface area contributed by atoms with Crippen LogP contribution in [-0.4, -0.2) is 28.6 Å². The van der Waals surface area contributed by atoms with E-state index in [4.69, 9.17) is 9.63 Å². The normalized spacial score (nSPS) is 18.6. The van der Waals surface area contributed by atoms with Crippen molar-refractivity contribution in [2.45, 2.75) is 25.7 Å². The molecule has 1 amide bonds. The Morgan fingerprint density at radius 1 is 1.27 bits per heavy atom. The van der Waals surface area contributed by atoms with Crippen LogP contribution in [0.2, 0.25) is 0 Å². The predicted octanol–water partition coefficient (Wildman–Crippen LogP) is 4.18. The fourth-order valence-electron chi connectivity index (χ4n) is 3.61. The van der Waals surface area contributed by atoms with Crippen LogP contribution in [-0.2, 0) is 4.79 Å². The number of aliphatic imine (C=N–C) groups is 1. The Morgan fingerprint density at radius 3 is 2.80 bits per heavy atom. The molecule has 7 heteroatoms. The van der Waals surface area contributed by atoms with Crippen LogP contribution in [0.3, 0.4) is 0 Å². The van der Waals surface area contributed by atoms with Crippen molar-refractivity contribution in [1.82, 2.24) is 10.5 Å². The minimum atomic E-state index is -0.296. The highest BCUT2D eigenvalue weighted by molar-refractivity contribution is 6.06. The molecule has 2 N–H and O–H groups in total. The number of carbonyl (C=O) groups is 1. The predicted molar refractivity (Wildman–Crippen MR) is 111 cm³/mol. The molecule has 2 heterocycles. The Bertz CT molecular complexity index is 1080. The fraction of sp³-hybridized carbons (Fsp3) is 0.261. The van der Waals surface area contributed by atoms with Gasteiger partial charge in [-0.15, -0.1) is 0 Å². The van der Waals surface area contributed by atoms with Crippen LogP contribution in [0.1, 0.15) is 36.9 Å². The third kappa shape index (κ3) is 4.16. The summed E-state index contributed by atoms with van der Waals surface area (Å²) in [6.07, 6.45) is 0.742. The van der Waals surface area contributed by atoms with Crippen LogP contribution in [0.15, 0.2) is 64.1 Å². The van der Waals surface area contributed by atoms with Crippen molar-refractivity contribution >= 4 is 17.6 Å². The number of hydrogen-bond donors (Lipinski definition) is 2. The van der Waals surface area contributed by atoms with Gasteiger partial charge in [-0.3, -0.25) is 4.79 Å². The average Bonchev–Trinajstić information content (AvgIpc) is 3.35. The number of benzene rings is 2. The SMILES string of the molecule is CC(c1ccc(-c2ccccc2)c(F)c1)c1cc(N=C2NC(=O)CC2CCO)on1. The molecule has 154 valence electrons.